The Hall–Kier alpha value is -2.08. The van der Waals surface area contributed by atoms with Crippen molar-refractivity contribution in [2.24, 2.45) is 27.6 Å². The van der Waals surface area contributed by atoms with Gasteiger partial charge in [0.15, 0.2) is 0 Å². The number of fused-ring (bicyclic) bond motifs is 3. The van der Waals surface area contributed by atoms with Gasteiger partial charge in [0, 0.05) is 5.41 Å². The van der Waals surface area contributed by atoms with Crippen LogP contribution in [0.4, 0.5) is 0 Å². The Kier molecular flexibility index (Phi) is 7.98. The highest BCUT2D eigenvalue weighted by Crippen LogP contribution is 2.70. The van der Waals surface area contributed by atoms with Crippen LogP contribution in [0.15, 0.2) is 59.2 Å². The van der Waals surface area contributed by atoms with Gasteiger partial charge in [-0.25, -0.2) is 0 Å². The molecule has 1 unspecified atom stereocenters. The molecule has 4 atom stereocenters. The van der Waals surface area contributed by atoms with E-state index in [0.717, 1.165) is 37.2 Å². The summed E-state index contributed by atoms with van der Waals surface area (Å²) in [4.78, 5) is 0. The Morgan fingerprint density at radius 1 is 1.02 bits per heavy atom. The van der Waals surface area contributed by atoms with Gasteiger partial charge in [-0.05, 0) is 138 Å². The first kappa shape index (κ1) is 31.8. The molecule has 1 aromatic rings. The Morgan fingerprint density at radius 2 is 1.63 bits per heavy atom. The number of allylic oxidation sites excluding steroid dienone is 7. The van der Waals surface area contributed by atoms with Gasteiger partial charge >= 0.3 is 0 Å². The molecule has 0 saturated heterocycles. The van der Waals surface area contributed by atoms with E-state index < -0.39 is 0 Å². The van der Waals surface area contributed by atoms with Crippen molar-refractivity contribution in [2.45, 2.75) is 134 Å². The molecule has 0 saturated carbocycles. The van der Waals surface area contributed by atoms with Crippen LogP contribution < -0.4 is 0 Å². The van der Waals surface area contributed by atoms with Gasteiger partial charge in [0.1, 0.15) is 0 Å². The maximum atomic E-state index is 4.96. The summed E-state index contributed by atoms with van der Waals surface area (Å²) in [6.45, 7) is 45.3. The second-order valence-corrected chi connectivity index (χ2v) is 16.4. The Bertz CT molecular complexity index is 1380. The number of hydrogen-bond acceptors (Lipinski definition) is 0. The van der Waals surface area contributed by atoms with Crippen LogP contribution in [0.5, 0.6) is 0 Å². The van der Waals surface area contributed by atoms with Gasteiger partial charge in [0.05, 0.1) is 0 Å². The van der Waals surface area contributed by atoms with Gasteiger partial charge in [-0.15, -0.1) is 0 Å². The van der Waals surface area contributed by atoms with E-state index in [9.17, 15) is 0 Å². The Morgan fingerprint density at radius 3 is 2.15 bits per heavy atom. The van der Waals surface area contributed by atoms with Crippen molar-refractivity contribution in [2.75, 3.05) is 0 Å². The SMILES string of the molecule is C=C(C)C1=C(C)C[C@@]2(C)C[C@@]3(C)Cc4c(C(C)C)cc(CCC(CC)C(C)(C)C)c(C)c4C(=C)C3=C(C)[C@@]2(C)C1=C. The van der Waals surface area contributed by atoms with Gasteiger partial charge in [-0.2, -0.15) is 0 Å². The highest BCUT2D eigenvalue weighted by Gasteiger charge is 2.59. The zero-order chi connectivity index (χ0) is 31.0. The Labute approximate surface area is 254 Å². The molecule has 0 fully saturated rings. The molecule has 0 aliphatic heterocycles. The third-order valence-electron chi connectivity index (χ3n) is 12.2. The number of rotatable bonds is 6. The summed E-state index contributed by atoms with van der Waals surface area (Å²) < 4.78 is 0. The van der Waals surface area contributed by atoms with Crippen LogP contribution in [-0.2, 0) is 12.8 Å². The molecule has 0 heterocycles. The molecule has 4 rings (SSSR count). The zero-order valence-electron chi connectivity index (χ0n) is 29.1. The molecule has 0 amide bonds. The van der Waals surface area contributed by atoms with Crippen LogP contribution >= 0.6 is 0 Å². The molecule has 0 bridgehead atoms. The van der Waals surface area contributed by atoms with Crippen molar-refractivity contribution in [3.8, 4) is 0 Å². The minimum absolute atomic E-state index is 0.0703. The molecule has 0 heteroatoms. The van der Waals surface area contributed by atoms with E-state index in [1.54, 1.807) is 11.1 Å². The lowest BCUT2D eigenvalue weighted by molar-refractivity contribution is 0.0543. The van der Waals surface area contributed by atoms with E-state index in [1.807, 2.05) is 0 Å². The molecule has 0 spiro atoms. The van der Waals surface area contributed by atoms with Crippen LogP contribution in [0.2, 0.25) is 0 Å². The molecule has 0 N–H and O–H groups in total. The lowest BCUT2D eigenvalue weighted by Gasteiger charge is -2.62. The predicted molar refractivity (Wildman–Crippen MR) is 182 cm³/mol. The van der Waals surface area contributed by atoms with Gasteiger partial charge in [-0.3, -0.25) is 0 Å². The van der Waals surface area contributed by atoms with Crippen LogP contribution in [0.25, 0.3) is 5.57 Å². The zero-order valence-corrected chi connectivity index (χ0v) is 29.1. The van der Waals surface area contributed by atoms with Crippen LogP contribution in [0.3, 0.4) is 0 Å². The van der Waals surface area contributed by atoms with E-state index in [2.05, 4.69) is 103 Å². The topological polar surface area (TPSA) is 0 Å². The van der Waals surface area contributed by atoms with Crippen molar-refractivity contribution in [3.63, 3.8) is 0 Å². The van der Waals surface area contributed by atoms with Crippen LogP contribution in [0.1, 0.15) is 143 Å². The second-order valence-electron chi connectivity index (χ2n) is 16.4. The molecule has 0 nitrogen and oxygen atoms in total. The first-order chi connectivity index (χ1) is 18.7. The largest absolute Gasteiger partial charge is 0.0955 e. The smallest absolute Gasteiger partial charge is 0.0194 e. The van der Waals surface area contributed by atoms with Crippen molar-refractivity contribution in [1.82, 2.24) is 0 Å². The molecule has 3 aliphatic carbocycles. The fourth-order valence-electron chi connectivity index (χ4n) is 10.0. The predicted octanol–water partition coefficient (Wildman–Crippen LogP) is 12.3. The first-order valence-electron chi connectivity index (χ1n) is 16.4. The average molecular weight is 553 g/mol. The van der Waals surface area contributed by atoms with E-state index in [4.69, 9.17) is 13.2 Å². The first-order valence-corrected chi connectivity index (χ1v) is 16.4. The minimum atomic E-state index is -0.108. The normalized spacial score (nSPS) is 29.0. The highest BCUT2D eigenvalue weighted by molar-refractivity contribution is 5.87. The van der Waals surface area contributed by atoms with E-state index in [-0.39, 0.29) is 16.2 Å². The molecule has 1 aromatic carbocycles. The highest BCUT2D eigenvalue weighted by atomic mass is 14.6. The van der Waals surface area contributed by atoms with E-state index >= 15 is 0 Å². The summed E-state index contributed by atoms with van der Waals surface area (Å²) in [6, 6.07) is 2.59. The maximum Gasteiger partial charge on any atom is 0.0194 e. The summed E-state index contributed by atoms with van der Waals surface area (Å²) in [6.07, 6.45) is 7.00. The molecule has 3 aliphatic rings. The van der Waals surface area contributed by atoms with Gasteiger partial charge in [0.2, 0.25) is 0 Å². The summed E-state index contributed by atoms with van der Waals surface area (Å²) in [5, 5.41) is 0. The van der Waals surface area contributed by atoms with Crippen molar-refractivity contribution in [3.05, 3.63) is 87.1 Å². The van der Waals surface area contributed by atoms with Crippen molar-refractivity contribution >= 4 is 5.57 Å². The molecule has 224 valence electrons. The lowest BCUT2D eigenvalue weighted by atomic mass is 9.41. The number of benzene rings is 1. The maximum absolute atomic E-state index is 4.96. The third kappa shape index (κ3) is 4.71. The summed E-state index contributed by atoms with van der Waals surface area (Å²) in [7, 11) is 0. The summed E-state index contributed by atoms with van der Waals surface area (Å²) in [5.41, 5.74) is 17.5. The Balaban J connectivity index is 1.92. The lowest BCUT2D eigenvalue weighted by Crippen LogP contribution is -2.52. The van der Waals surface area contributed by atoms with Crippen molar-refractivity contribution in [1.29, 1.82) is 0 Å². The standard InChI is InChI=1S/C41H60/c1-17-32(38(11,12)13)19-18-31-20-33(24(2)3)34-22-39(14)23-40(15)21-26(6)35(25(4)5)29(9)41(40,16)30(10)37(39)28(8)36(34)27(31)7/h20,24,32H,4,8-9,17-19,21-23H2,1-3,5-7,10-16H3/t32?,39-,40+,41-/m1/s1. The van der Waals surface area contributed by atoms with E-state index in [0.29, 0.717) is 11.3 Å². The summed E-state index contributed by atoms with van der Waals surface area (Å²) in [5.74, 6) is 1.22. The number of aryl methyl sites for hydroxylation is 1. The summed E-state index contributed by atoms with van der Waals surface area (Å²) >= 11 is 0. The molecular formula is C41H60. The fraction of sp³-hybridized carbons (Fsp3) is 0.610. The van der Waals surface area contributed by atoms with Crippen LogP contribution in [-0.4, -0.2) is 0 Å². The third-order valence-corrected chi connectivity index (χ3v) is 12.2. The molecule has 0 aromatic heterocycles. The number of hydrogen-bond donors (Lipinski definition) is 0. The van der Waals surface area contributed by atoms with Gasteiger partial charge < -0.3 is 0 Å². The van der Waals surface area contributed by atoms with E-state index in [1.165, 1.54) is 63.0 Å². The minimum Gasteiger partial charge on any atom is -0.0955 e. The molecular weight excluding hydrogens is 492 g/mol. The molecule has 41 heavy (non-hydrogen) atoms. The van der Waals surface area contributed by atoms with Gasteiger partial charge in [-0.1, -0.05) is 111 Å². The second kappa shape index (κ2) is 10.3. The molecule has 0 radical (unpaired) electrons. The van der Waals surface area contributed by atoms with Crippen LogP contribution in [0, 0.1) is 34.5 Å². The monoisotopic (exact) mass is 552 g/mol. The van der Waals surface area contributed by atoms with Crippen molar-refractivity contribution < 1.29 is 0 Å². The fourth-order valence-corrected chi connectivity index (χ4v) is 10.0. The quantitative estimate of drug-likeness (QED) is 0.329. The van der Waals surface area contributed by atoms with Gasteiger partial charge in [0.25, 0.3) is 0 Å². The average Bonchev–Trinajstić information content (AvgIpc) is 2.81.